The Morgan fingerprint density at radius 2 is 1.59 bits per heavy atom. The summed E-state index contributed by atoms with van der Waals surface area (Å²) in [7, 11) is 0. The average Bonchev–Trinajstić information content (AvgIpc) is 3.00. The molecule has 2 rings (SSSR count). The van der Waals surface area contributed by atoms with Crippen LogP contribution in [0.1, 0.15) is 67.7 Å². The lowest BCUT2D eigenvalue weighted by Gasteiger charge is -2.43. The van der Waals surface area contributed by atoms with Gasteiger partial charge >= 0.3 is 23.9 Å². The first-order valence-electron chi connectivity index (χ1n) is 13.2. The summed E-state index contributed by atoms with van der Waals surface area (Å²) < 4.78 is 26.6. The van der Waals surface area contributed by atoms with Crippen molar-refractivity contribution in [3.8, 4) is 0 Å². The Morgan fingerprint density at radius 3 is 2.13 bits per heavy atom. The summed E-state index contributed by atoms with van der Waals surface area (Å²) in [6.45, 7) is 10.5. The molecule has 12 heteroatoms. The fourth-order valence-electron chi connectivity index (χ4n) is 4.72. The molecule has 1 heterocycles. The summed E-state index contributed by atoms with van der Waals surface area (Å²) in [5, 5.41) is 33.9. The van der Waals surface area contributed by atoms with Crippen LogP contribution in [0.5, 0.6) is 0 Å². The van der Waals surface area contributed by atoms with Gasteiger partial charge in [-0.2, -0.15) is 0 Å². The molecule has 0 saturated heterocycles. The lowest BCUT2D eigenvalue weighted by Crippen LogP contribution is -2.59. The Morgan fingerprint density at radius 1 is 1.00 bits per heavy atom. The van der Waals surface area contributed by atoms with Gasteiger partial charge in [0.2, 0.25) is 6.10 Å². The van der Waals surface area contributed by atoms with Gasteiger partial charge in [-0.15, -0.1) is 0 Å². The molecule has 1 aliphatic heterocycles. The predicted octanol–water partition coefficient (Wildman–Crippen LogP) is 1.38. The second-order valence-electron chi connectivity index (χ2n) is 11.5. The molecular weight excluding hydrogens is 516 g/mol. The number of hydrogen-bond donors (Lipinski definition) is 3. The lowest BCUT2D eigenvalue weighted by molar-refractivity contribution is -0.239. The molecule has 0 aromatic rings. The molecule has 12 nitrogen and oxygen atoms in total. The van der Waals surface area contributed by atoms with Crippen LogP contribution in [0.4, 0.5) is 0 Å². The van der Waals surface area contributed by atoms with Gasteiger partial charge in [0, 0.05) is 37.7 Å². The van der Waals surface area contributed by atoms with Crippen molar-refractivity contribution in [2.75, 3.05) is 13.2 Å². The second-order valence-corrected chi connectivity index (χ2v) is 11.5. The van der Waals surface area contributed by atoms with Gasteiger partial charge in [0.15, 0.2) is 0 Å². The van der Waals surface area contributed by atoms with E-state index in [4.69, 9.17) is 23.7 Å². The lowest BCUT2D eigenvalue weighted by atomic mass is 9.77. The molecule has 1 aliphatic carbocycles. The normalized spacial score (nSPS) is 28.8. The average molecular weight is 559 g/mol. The molecule has 0 spiro atoms. The van der Waals surface area contributed by atoms with Crippen molar-refractivity contribution in [1.29, 1.82) is 0 Å². The number of carbonyl (C=O) groups excluding carboxylic acids is 4. The van der Waals surface area contributed by atoms with Crippen molar-refractivity contribution in [1.82, 2.24) is 0 Å². The van der Waals surface area contributed by atoms with E-state index in [1.54, 1.807) is 27.7 Å². The highest BCUT2D eigenvalue weighted by Crippen LogP contribution is 2.52. The summed E-state index contributed by atoms with van der Waals surface area (Å²) in [6.07, 6.45) is -3.64. The monoisotopic (exact) mass is 558 g/mol. The number of aliphatic hydroxyl groups is 3. The summed E-state index contributed by atoms with van der Waals surface area (Å²) >= 11 is 0. The van der Waals surface area contributed by atoms with Gasteiger partial charge in [-0.1, -0.05) is 41.5 Å². The van der Waals surface area contributed by atoms with Gasteiger partial charge in [0.25, 0.3) is 6.29 Å². The summed E-state index contributed by atoms with van der Waals surface area (Å²) in [5.41, 5.74) is -4.37. The molecule has 3 N–H and O–H groups in total. The first kappa shape index (κ1) is 32.5. The van der Waals surface area contributed by atoms with Crippen LogP contribution in [-0.4, -0.2) is 82.1 Å². The molecule has 0 aromatic heterocycles. The van der Waals surface area contributed by atoms with E-state index in [-0.39, 0.29) is 30.3 Å². The Bertz CT molecular complexity index is 941. The van der Waals surface area contributed by atoms with E-state index >= 15 is 0 Å². The van der Waals surface area contributed by atoms with Crippen molar-refractivity contribution in [3.05, 3.63) is 11.8 Å². The van der Waals surface area contributed by atoms with Gasteiger partial charge in [-0.05, 0) is 11.8 Å². The zero-order chi connectivity index (χ0) is 29.7. The quantitative estimate of drug-likeness (QED) is 0.232. The smallest absolute Gasteiger partial charge is 0.348 e. The summed E-state index contributed by atoms with van der Waals surface area (Å²) in [5.74, 6) is -4.76. The molecule has 39 heavy (non-hydrogen) atoms. The fraction of sp³-hybridized carbons (Fsp3) is 0.778. The Hall–Kier alpha value is -2.70. The van der Waals surface area contributed by atoms with E-state index in [2.05, 4.69) is 0 Å². The number of rotatable bonds is 12. The van der Waals surface area contributed by atoms with E-state index < -0.39 is 85.0 Å². The molecule has 1 fully saturated rings. The Kier molecular flexibility index (Phi) is 10.9. The van der Waals surface area contributed by atoms with Gasteiger partial charge in [0.05, 0.1) is 12.4 Å². The van der Waals surface area contributed by atoms with Crippen LogP contribution < -0.4 is 0 Å². The van der Waals surface area contributed by atoms with Crippen molar-refractivity contribution < 1.29 is 58.2 Å². The minimum Gasteiger partial charge on any atom is -0.463 e. The standard InChI is InChI=1S/C27H42O12/c1-14(2)8-20(30)38-22(16(5)6)24(32)35-11-18-12-36-25(39-21(31)9-15(3)4)23-26(18,33)10-19(29)27(23,34)13-37-17(7)28/h12,14-16,19,22-23,25,29,33-34H,8-11,13H2,1-7H3/t19?,22?,23-,25?,26-,27-/m0/s1. The number of ether oxygens (including phenoxy) is 5. The minimum atomic E-state index is -2.26. The van der Waals surface area contributed by atoms with E-state index in [9.17, 15) is 34.5 Å². The Balaban J connectivity index is 2.31. The van der Waals surface area contributed by atoms with Gasteiger partial charge < -0.3 is 39.0 Å². The first-order valence-corrected chi connectivity index (χ1v) is 13.2. The second kappa shape index (κ2) is 13.1. The SMILES string of the molecule is CC(=O)OC[C@]1(O)C(O)C[C@]2(O)C(COC(=O)C(OC(=O)CC(C)C)C(C)C)=COC(OC(=O)CC(C)C)[C@@H]21. The predicted molar refractivity (Wildman–Crippen MR) is 134 cm³/mol. The molecule has 0 bridgehead atoms. The number of aliphatic hydroxyl groups excluding tert-OH is 1. The molecule has 0 amide bonds. The third-order valence-electron chi connectivity index (χ3n) is 6.68. The number of fused-ring (bicyclic) bond motifs is 1. The van der Waals surface area contributed by atoms with E-state index in [0.717, 1.165) is 13.2 Å². The van der Waals surface area contributed by atoms with Crippen LogP contribution in [0.3, 0.4) is 0 Å². The maximum Gasteiger partial charge on any atom is 0.348 e. The van der Waals surface area contributed by atoms with Crippen LogP contribution >= 0.6 is 0 Å². The number of esters is 4. The van der Waals surface area contributed by atoms with Crippen molar-refractivity contribution in [2.24, 2.45) is 23.7 Å². The zero-order valence-corrected chi connectivity index (χ0v) is 23.7. The minimum absolute atomic E-state index is 0.0240. The van der Waals surface area contributed by atoms with Gasteiger partial charge in [-0.3, -0.25) is 14.4 Å². The third kappa shape index (κ3) is 7.92. The van der Waals surface area contributed by atoms with Crippen LogP contribution in [0.25, 0.3) is 0 Å². The Labute approximate surface area is 228 Å². The topological polar surface area (TPSA) is 175 Å². The maximum absolute atomic E-state index is 12.9. The molecule has 0 radical (unpaired) electrons. The van der Waals surface area contributed by atoms with Crippen molar-refractivity contribution >= 4 is 23.9 Å². The highest BCUT2D eigenvalue weighted by Gasteiger charge is 2.69. The fourth-order valence-corrected chi connectivity index (χ4v) is 4.72. The van der Waals surface area contributed by atoms with Crippen LogP contribution in [0, 0.1) is 23.7 Å². The van der Waals surface area contributed by atoms with Crippen LogP contribution in [0.2, 0.25) is 0 Å². The van der Waals surface area contributed by atoms with E-state index in [0.29, 0.717) is 0 Å². The maximum atomic E-state index is 12.9. The molecular formula is C27H42O12. The molecule has 222 valence electrons. The van der Waals surface area contributed by atoms with Crippen LogP contribution in [0.15, 0.2) is 11.8 Å². The summed E-state index contributed by atoms with van der Waals surface area (Å²) in [4.78, 5) is 48.9. The first-order chi connectivity index (χ1) is 18.0. The zero-order valence-electron chi connectivity index (χ0n) is 23.7. The summed E-state index contributed by atoms with van der Waals surface area (Å²) in [6, 6.07) is 0. The molecule has 6 atom stereocenters. The van der Waals surface area contributed by atoms with Gasteiger partial charge in [0.1, 0.15) is 30.3 Å². The largest absolute Gasteiger partial charge is 0.463 e. The number of carbonyl (C=O) groups is 4. The van der Waals surface area contributed by atoms with Gasteiger partial charge in [-0.25, -0.2) is 4.79 Å². The molecule has 3 unspecified atom stereocenters. The highest BCUT2D eigenvalue weighted by molar-refractivity contribution is 5.79. The van der Waals surface area contributed by atoms with Crippen molar-refractivity contribution in [2.45, 2.75) is 97.4 Å². The molecule has 2 aliphatic rings. The number of hydrogen-bond acceptors (Lipinski definition) is 12. The van der Waals surface area contributed by atoms with Crippen LogP contribution in [-0.2, 0) is 42.9 Å². The van der Waals surface area contributed by atoms with E-state index in [1.807, 2.05) is 13.8 Å². The highest BCUT2D eigenvalue weighted by atomic mass is 16.7. The molecule has 0 aromatic carbocycles. The van der Waals surface area contributed by atoms with Crippen molar-refractivity contribution in [3.63, 3.8) is 0 Å². The van der Waals surface area contributed by atoms with E-state index in [1.165, 1.54) is 0 Å². The molecule has 1 saturated carbocycles. The third-order valence-corrected chi connectivity index (χ3v) is 6.68.